The fourth-order valence-corrected chi connectivity index (χ4v) is 4.66. The molecule has 4 nitrogen and oxygen atoms in total. The van der Waals surface area contributed by atoms with Crippen LogP contribution in [0.2, 0.25) is 0 Å². The van der Waals surface area contributed by atoms with E-state index in [-0.39, 0.29) is 5.91 Å². The Hall–Kier alpha value is -2.50. The van der Waals surface area contributed by atoms with Crippen molar-refractivity contribution in [2.24, 2.45) is 5.92 Å². The lowest BCUT2D eigenvalue weighted by Gasteiger charge is -2.31. The van der Waals surface area contributed by atoms with E-state index >= 15 is 0 Å². The Balaban J connectivity index is 1.23. The van der Waals surface area contributed by atoms with E-state index in [4.69, 9.17) is 0 Å². The first kappa shape index (κ1) is 19.8. The summed E-state index contributed by atoms with van der Waals surface area (Å²) in [6.07, 6.45) is 3.63. The Morgan fingerprint density at radius 3 is 2.34 bits per heavy atom. The SMILES string of the molecule is O=C(NCc1ccccc1)c1csc(CN2CCC(Cc3ccccc3)CC2)n1. The van der Waals surface area contributed by atoms with Crippen LogP contribution >= 0.6 is 11.3 Å². The highest BCUT2D eigenvalue weighted by atomic mass is 32.1. The summed E-state index contributed by atoms with van der Waals surface area (Å²) in [6.45, 7) is 3.58. The van der Waals surface area contributed by atoms with E-state index in [2.05, 4.69) is 45.5 Å². The van der Waals surface area contributed by atoms with Crippen LogP contribution in [0.25, 0.3) is 0 Å². The molecule has 0 unspecified atom stereocenters. The Morgan fingerprint density at radius 2 is 1.66 bits per heavy atom. The summed E-state index contributed by atoms with van der Waals surface area (Å²) in [6, 6.07) is 20.7. The van der Waals surface area contributed by atoms with Gasteiger partial charge in [0.05, 0.1) is 6.54 Å². The van der Waals surface area contributed by atoms with E-state index in [1.54, 1.807) is 11.3 Å². The average Bonchev–Trinajstić information content (AvgIpc) is 3.23. The number of aromatic nitrogens is 1. The van der Waals surface area contributed by atoms with Crippen LogP contribution in [0.3, 0.4) is 0 Å². The molecule has 1 N–H and O–H groups in total. The lowest BCUT2D eigenvalue weighted by Crippen LogP contribution is -2.33. The zero-order valence-electron chi connectivity index (χ0n) is 16.6. The van der Waals surface area contributed by atoms with Crippen molar-refractivity contribution >= 4 is 17.2 Å². The van der Waals surface area contributed by atoms with Crippen LogP contribution in [0.5, 0.6) is 0 Å². The molecular formula is C24H27N3OS. The first-order chi connectivity index (χ1) is 14.3. The Morgan fingerprint density at radius 1 is 1.00 bits per heavy atom. The van der Waals surface area contributed by atoms with E-state index in [1.807, 2.05) is 35.7 Å². The molecule has 0 aliphatic carbocycles. The Kier molecular flexibility index (Phi) is 6.70. The zero-order valence-corrected chi connectivity index (χ0v) is 17.4. The van der Waals surface area contributed by atoms with Crippen LogP contribution in [-0.4, -0.2) is 28.9 Å². The monoisotopic (exact) mass is 405 g/mol. The molecule has 1 fully saturated rings. The standard InChI is InChI=1S/C24H27N3OS/c28-24(25-16-21-9-5-2-6-10-21)22-18-29-23(26-22)17-27-13-11-20(12-14-27)15-19-7-3-1-4-8-19/h1-10,18,20H,11-17H2,(H,25,28). The highest BCUT2D eigenvalue weighted by Gasteiger charge is 2.21. The van der Waals surface area contributed by atoms with Crippen LogP contribution in [0, 0.1) is 5.92 Å². The maximum absolute atomic E-state index is 12.4. The van der Waals surface area contributed by atoms with E-state index < -0.39 is 0 Å². The van der Waals surface area contributed by atoms with Gasteiger partial charge in [0.1, 0.15) is 10.7 Å². The molecule has 2 aromatic carbocycles. The predicted octanol–water partition coefficient (Wildman–Crippen LogP) is 4.53. The topological polar surface area (TPSA) is 45.2 Å². The third-order valence-corrected chi connectivity index (χ3v) is 6.35. The van der Waals surface area contributed by atoms with Crippen molar-refractivity contribution in [1.29, 1.82) is 0 Å². The molecule has 3 aromatic rings. The van der Waals surface area contributed by atoms with Gasteiger partial charge in [-0.2, -0.15) is 0 Å². The van der Waals surface area contributed by atoms with Crippen LogP contribution in [-0.2, 0) is 19.5 Å². The van der Waals surface area contributed by atoms with Gasteiger partial charge in [0.25, 0.3) is 5.91 Å². The van der Waals surface area contributed by atoms with Crippen LogP contribution < -0.4 is 5.32 Å². The van der Waals surface area contributed by atoms with E-state index in [0.717, 1.165) is 36.1 Å². The minimum absolute atomic E-state index is 0.0991. The lowest BCUT2D eigenvalue weighted by atomic mass is 9.90. The molecule has 1 amide bonds. The van der Waals surface area contributed by atoms with Crippen molar-refractivity contribution in [3.63, 3.8) is 0 Å². The first-order valence-electron chi connectivity index (χ1n) is 10.3. The van der Waals surface area contributed by atoms with E-state index in [0.29, 0.717) is 12.2 Å². The molecule has 1 saturated heterocycles. The van der Waals surface area contributed by atoms with Crippen molar-refractivity contribution in [1.82, 2.24) is 15.2 Å². The number of hydrogen-bond donors (Lipinski definition) is 1. The molecule has 5 heteroatoms. The first-order valence-corrected chi connectivity index (χ1v) is 11.2. The number of piperidine rings is 1. The second-order valence-corrected chi connectivity index (χ2v) is 8.65. The molecule has 4 rings (SSSR count). The van der Waals surface area contributed by atoms with Gasteiger partial charge in [-0.15, -0.1) is 11.3 Å². The number of nitrogens with zero attached hydrogens (tertiary/aromatic N) is 2. The number of thiazole rings is 1. The van der Waals surface area contributed by atoms with Crippen LogP contribution in [0.4, 0.5) is 0 Å². The second kappa shape index (κ2) is 9.81. The number of nitrogens with one attached hydrogen (secondary N) is 1. The van der Waals surface area contributed by atoms with Gasteiger partial charge < -0.3 is 5.32 Å². The van der Waals surface area contributed by atoms with Gasteiger partial charge in [0, 0.05) is 11.9 Å². The van der Waals surface area contributed by atoms with Gasteiger partial charge >= 0.3 is 0 Å². The molecule has 0 atom stereocenters. The second-order valence-electron chi connectivity index (χ2n) is 7.70. The summed E-state index contributed by atoms with van der Waals surface area (Å²) in [4.78, 5) is 19.4. The molecule has 0 bridgehead atoms. The molecule has 0 radical (unpaired) electrons. The molecular weight excluding hydrogens is 378 g/mol. The van der Waals surface area contributed by atoms with Crippen LogP contribution in [0.1, 0.15) is 39.5 Å². The van der Waals surface area contributed by atoms with Gasteiger partial charge in [0.2, 0.25) is 0 Å². The number of carbonyl (C=O) groups is 1. The highest BCUT2D eigenvalue weighted by Crippen LogP contribution is 2.23. The number of likely N-dealkylation sites (tertiary alicyclic amines) is 1. The largest absolute Gasteiger partial charge is 0.347 e. The fraction of sp³-hybridized carbons (Fsp3) is 0.333. The van der Waals surface area contributed by atoms with E-state index in [9.17, 15) is 4.79 Å². The third kappa shape index (κ3) is 5.75. The fourth-order valence-electron chi connectivity index (χ4n) is 3.84. The summed E-state index contributed by atoms with van der Waals surface area (Å²) in [5, 5.41) is 5.85. The summed E-state index contributed by atoms with van der Waals surface area (Å²) in [7, 11) is 0. The zero-order chi connectivity index (χ0) is 19.9. The van der Waals surface area contributed by atoms with Crippen molar-refractivity contribution in [3.8, 4) is 0 Å². The van der Waals surface area contributed by atoms with Crippen molar-refractivity contribution in [2.75, 3.05) is 13.1 Å². The minimum atomic E-state index is -0.0991. The smallest absolute Gasteiger partial charge is 0.271 e. The summed E-state index contributed by atoms with van der Waals surface area (Å²) in [5.74, 6) is 0.669. The van der Waals surface area contributed by atoms with Crippen LogP contribution in [0.15, 0.2) is 66.0 Å². The molecule has 1 aromatic heterocycles. The van der Waals surface area contributed by atoms with Crippen molar-refractivity contribution in [3.05, 3.63) is 87.9 Å². The third-order valence-electron chi connectivity index (χ3n) is 5.51. The maximum Gasteiger partial charge on any atom is 0.271 e. The molecule has 0 saturated carbocycles. The van der Waals surface area contributed by atoms with Gasteiger partial charge in [0.15, 0.2) is 0 Å². The van der Waals surface area contributed by atoms with Crippen molar-refractivity contribution in [2.45, 2.75) is 32.4 Å². The number of hydrogen-bond acceptors (Lipinski definition) is 4. The summed E-state index contributed by atoms with van der Waals surface area (Å²) < 4.78 is 0. The normalized spacial score (nSPS) is 15.3. The number of amides is 1. The predicted molar refractivity (Wildman–Crippen MR) is 118 cm³/mol. The Bertz CT molecular complexity index is 902. The molecule has 2 heterocycles. The summed E-state index contributed by atoms with van der Waals surface area (Å²) in [5.41, 5.74) is 3.06. The lowest BCUT2D eigenvalue weighted by molar-refractivity contribution is 0.0946. The maximum atomic E-state index is 12.4. The molecule has 1 aliphatic rings. The summed E-state index contributed by atoms with van der Waals surface area (Å²) >= 11 is 1.58. The molecule has 150 valence electrons. The quantitative estimate of drug-likeness (QED) is 0.628. The van der Waals surface area contributed by atoms with Gasteiger partial charge in [-0.1, -0.05) is 60.7 Å². The minimum Gasteiger partial charge on any atom is -0.347 e. The average molecular weight is 406 g/mol. The van der Waals surface area contributed by atoms with E-state index in [1.165, 1.54) is 24.8 Å². The highest BCUT2D eigenvalue weighted by molar-refractivity contribution is 7.09. The molecule has 1 aliphatic heterocycles. The van der Waals surface area contributed by atoms with Crippen molar-refractivity contribution < 1.29 is 4.79 Å². The molecule has 0 spiro atoms. The molecule has 29 heavy (non-hydrogen) atoms. The van der Waals surface area contributed by atoms with Gasteiger partial charge in [-0.3, -0.25) is 9.69 Å². The number of benzene rings is 2. The van der Waals surface area contributed by atoms with Gasteiger partial charge in [-0.05, 0) is 49.4 Å². The number of rotatable bonds is 7. The van der Waals surface area contributed by atoms with Gasteiger partial charge in [-0.25, -0.2) is 4.98 Å². The Labute approximate surface area is 176 Å². The number of carbonyl (C=O) groups excluding carboxylic acids is 1.